The van der Waals surface area contributed by atoms with Crippen LogP contribution in [0.2, 0.25) is 0 Å². The highest BCUT2D eigenvalue weighted by Gasteiger charge is 2.00. The molecule has 0 saturated heterocycles. The van der Waals surface area contributed by atoms with Gasteiger partial charge in [-0.1, -0.05) is 0 Å². The fourth-order valence-electron chi connectivity index (χ4n) is 1.31. The molecule has 2 rings (SSSR count). The molecule has 0 aliphatic rings. The smallest absolute Gasteiger partial charge is 0.186 e. The summed E-state index contributed by atoms with van der Waals surface area (Å²) >= 11 is 0. The molecular formula is C13H11NO2. The van der Waals surface area contributed by atoms with E-state index in [1.807, 2.05) is 19.1 Å². The summed E-state index contributed by atoms with van der Waals surface area (Å²) in [7, 11) is 0. The number of rotatable bonds is 3. The second-order valence-electron chi connectivity index (χ2n) is 3.38. The number of nitrogens with zero attached hydrogens (tertiary/aromatic N) is 1. The Bertz CT molecular complexity index is 512. The van der Waals surface area contributed by atoms with Crippen LogP contribution >= 0.6 is 0 Å². The molecule has 0 aliphatic heterocycles. The quantitative estimate of drug-likeness (QED) is 0.581. The zero-order valence-corrected chi connectivity index (χ0v) is 8.88. The Balaban J connectivity index is 2.11. The van der Waals surface area contributed by atoms with Gasteiger partial charge in [0.25, 0.3) is 0 Å². The summed E-state index contributed by atoms with van der Waals surface area (Å²) in [5.41, 5.74) is 0.620. The number of ketones is 1. The highest BCUT2D eigenvalue weighted by molar-refractivity contribution is 6.06. The summed E-state index contributed by atoms with van der Waals surface area (Å²) in [6.07, 6.45) is 6.35. The van der Waals surface area contributed by atoms with Crippen LogP contribution in [0.1, 0.15) is 21.9 Å². The monoisotopic (exact) mass is 213 g/mol. The molecule has 2 heterocycles. The van der Waals surface area contributed by atoms with E-state index >= 15 is 0 Å². The van der Waals surface area contributed by atoms with Gasteiger partial charge in [-0.05, 0) is 43.3 Å². The number of aryl methyl sites for hydroxylation is 1. The van der Waals surface area contributed by atoms with Crippen LogP contribution in [-0.2, 0) is 0 Å². The Morgan fingerprint density at radius 3 is 2.62 bits per heavy atom. The van der Waals surface area contributed by atoms with Crippen LogP contribution in [0.15, 0.2) is 47.2 Å². The van der Waals surface area contributed by atoms with Crippen molar-refractivity contribution in [3.05, 3.63) is 59.8 Å². The van der Waals surface area contributed by atoms with Gasteiger partial charge in [0.05, 0.1) is 0 Å². The second-order valence-corrected chi connectivity index (χ2v) is 3.38. The van der Waals surface area contributed by atoms with Gasteiger partial charge in [-0.25, -0.2) is 0 Å². The van der Waals surface area contributed by atoms with Gasteiger partial charge in [0.15, 0.2) is 5.78 Å². The Morgan fingerprint density at radius 1 is 1.25 bits per heavy atom. The van der Waals surface area contributed by atoms with Crippen LogP contribution in [0.5, 0.6) is 0 Å². The van der Waals surface area contributed by atoms with Crippen molar-refractivity contribution < 1.29 is 9.21 Å². The van der Waals surface area contributed by atoms with Crippen LogP contribution in [0, 0.1) is 6.92 Å². The molecule has 0 radical (unpaired) electrons. The first-order valence-corrected chi connectivity index (χ1v) is 4.94. The summed E-state index contributed by atoms with van der Waals surface area (Å²) in [5.74, 6) is 1.45. The maximum atomic E-state index is 11.7. The maximum absolute atomic E-state index is 11.7. The number of hydrogen-bond donors (Lipinski definition) is 0. The minimum atomic E-state index is -0.0588. The molecule has 0 atom stereocenters. The van der Waals surface area contributed by atoms with Gasteiger partial charge >= 0.3 is 0 Å². The lowest BCUT2D eigenvalue weighted by atomic mass is 10.1. The lowest BCUT2D eigenvalue weighted by Gasteiger charge is -1.92. The first kappa shape index (κ1) is 10.4. The number of carbonyl (C=O) groups is 1. The highest BCUT2D eigenvalue weighted by Crippen LogP contribution is 2.09. The van der Waals surface area contributed by atoms with Gasteiger partial charge in [-0.3, -0.25) is 9.78 Å². The van der Waals surface area contributed by atoms with E-state index in [1.165, 1.54) is 6.08 Å². The summed E-state index contributed by atoms with van der Waals surface area (Å²) in [6.45, 7) is 1.86. The van der Waals surface area contributed by atoms with Crippen molar-refractivity contribution in [2.45, 2.75) is 6.92 Å². The molecule has 0 aromatic carbocycles. The standard InChI is InChI=1S/C13H11NO2/c1-10-2-3-12(16-10)4-5-13(15)11-6-8-14-9-7-11/h2-9H,1H3. The Labute approximate surface area is 93.4 Å². The van der Waals surface area contributed by atoms with Crippen molar-refractivity contribution in [1.29, 1.82) is 0 Å². The zero-order valence-electron chi connectivity index (χ0n) is 8.88. The van der Waals surface area contributed by atoms with Gasteiger partial charge in [0.1, 0.15) is 11.5 Å². The SMILES string of the molecule is Cc1ccc(C=CC(=O)c2ccncc2)o1. The van der Waals surface area contributed by atoms with E-state index < -0.39 is 0 Å². The molecule has 3 heteroatoms. The molecule has 0 spiro atoms. The number of aromatic nitrogens is 1. The molecule has 0 bridgehead atoms. The Kier molecular flexibility index (Phi) is 2.96. The molecule has 0 N–H and O–H groups in total. The number of carbonyl (C=O) groups excluding carboxylic acids is 1. The molecule has 0 saturated carbocycles. The van der Waals surface area contributed by atoms with Gasteiger partial charge in [0.2, 0.25) is 0 Å². The second kappa shape index (κ2) is 4.57. The predicted octanol–water partition coefficient (Wildman–Crippen LogP) is 2.88. The number of furan rings is 1. The van der Waals surface area contributed by atoms with E-state index in [9.17, 15) is 4.79 Å². The maximum Gasteiger partial charge on any atom is 0.186 e. The molecule has 3 nitrogen and oxygen atoms in total. The Hall–Kier alpha value is -2.16. The molecule has 0 aliphatic carbocycles. The van der Waals surface area contributed by atoms with Crippen LogP contribution in [-0.4, -0.2) is 10.8 Å². The van der Waals surface area contributed by atoms with Crippen LogP contribution in [0.4, 0.5) is 0 Å². The highest BCUT2D eigenvalue weighted by atomic mass is 16.3. The van der Waals surface area contributed by atoms with Gasteiger partial charge in [-0.15, -0.1) is 0 Å². The summed E-state index contributed by atoms with van der Waals surface area (Å²) in [5, 5.41) is 0. The minimum absolute atomic E-state index is 0.0588. The third-order valence-electron chi connectivity index (χ3n) is 2.12. The molecule has 0 unspecified atom stereocenters. The summed E-state index contributed by atoms with van der Waals surface area (Å²) in [6, 6.07) is 7.04. The summed E-state index contributed by atoms with van der Waals surface area (Å²) in [4.78, 5) is 15.5. The fraction of sp³-hybridized carbons (Fsp3) is 0.0769. The van der Waals surface area contributed by atoms with Crippen molar-refractivity contribution in [2.24, 2.45) is 0 Å². The van der Waals surface area contributed by atoms with E-state index in [0.29, 0.717) is 11.3 Å². The molecule has 2 aromatic heterocycles. The zero-order chi connectivity index (χ0) is 11.4. The Morgan fingerprint density at radius 2 is 2.00 bits per heavy atom. The lowest BCUT2D eigenvalue weighted by molar-refractivity contribution is 0.104. The van der Waals surface area contributed by atoms with Gasteiger partial charge in [-0.2, -0.15) is 0 Å². The topological polar surface area (TPSA) is 43.1 Å². The normalized spacial score (nSPS) is 10.8. The molecule has 0 fully saturated rings. The van der Waals surface area contributed by atoms with Gasteiger partial charge < -0.3 is 4.42 Å². The van der Waals surface area contributed by atoms with E-state index in [-0.39, 0.29) is 5.78 Å². The van der Waals surface area contributed by atoms with Crippen molar-refractivity contribution in [3.63, 3.8) is 0 Å². The molecule has 2 aromatic rings. The largest absolute Gasteiger partial charge is 0.462 e. The van der Waals surface area contributed by atoms with Crippen LogP contribution in [0.25, 0.3) is 6.08 Å². The average molecular weight is 213 g/mol. The van der Waals surface area contributed by atoms with Crippen molar-refractivity contribution in [3.8, 4) is 0 Å². The fourth-order valence-corrected chi connectivity index (χ4v) is 1.31. The first-order valence-electron chi connectivity index (χ1n) is 4.94. The van der Waals surface area contributed by atoms with Crippen LogP contribution in [0.3, 0.4) is 0 Å². The van der Waals surface area contributed by atoms with E-state index in [0.717, 1.165) is 5.76 Å². The van der Waals surface area contributed by atoms with Crippen molar-refractivity contribution in [1.82, 2.24) is 4.98 Å². The first-order chi connectivity index (χ1) is 7.75. The minimum Gasteiger partial charge on any atom is -0.462 e. The van der Waals surface area contributed by atoms with Crippen molar-refractivity contribution in [2.75, 3.05) is 0 Å². The predicted molar refractivity (Wildman–Crippen MR) is 61.0 cm³/mol. The van der Waals surface area contributed by atoms with E-state index in [2.05, 4.69) is 4.98 Å². The number of hydrogen-bond acceptors (Lipinski definition) is 3. The lowest BCUT2D eigenvalue weighted by Crippen LogP contribution is -1.93. The summed E-state index contributed by atoms with van der Waals surface area (Å²) < 4.78 is 5.32. The van der Waals surface area contributed by atoms with Crippen LogP contribution < -0.4 is 0 Å². The molecule has 80 valence electrons. The molecule has 16 heavy (non-hydrogen) atoms. The number of allylic oxidation sites excluding steroid dienone is 1. The third kappa shape index (κ3) is 2.45. The third-order valence-corrected chi connectivity index (χ3v) is 2.12. The molecule has 0 amide bonds. The van der Waals surface area contributed by atoms with E-state index in [4.69, 9.17) is 4.42 Å². The number of pyridine rings is 1. The molecular weight excluding hydrogens is 202 g/mol. The van der Waals surface area contributed by atoms with E-state index in [1.54, 1.807) is 30.6 Å². The van der Waals surface area contributed by atoms with Gasteiger partial charge in [0, 0.05) is 18.0 Å². The van der Waals surface area contributed by atoms with Crippen molar-refractivity contribution >= 4 is 11.9 Å². The average Bonchev–Trinajstić information content (AvgIpc) is 2.73.